The van der Waals surface area contributed by atoms with E-state index >= 15 is 0 Å². The number of rotatable bonds is 1. The van der Waals surface area contributed by atoms with Crippen LogP contribution in [0.15, 0.2) is 6.07 Å². The minimum atomic E-state index is 0.0634. The first-order chi connectivity index (χ1) is 8.77. The molecule has 2 aliphatic rings. The molecule has 4 nitrogen and oxygen atoms in total. The van der Waals surface area contributed by atoms with Crippen LogP contribution in [0.4, 0.5) is 0 Å². The van der Waals surface area contributed by atoms with Gasteiger partial charge in [0.1, 0.15) is 13.2 Å². The van der Waals surface area contributed by atoms with Crippen molar-refractivity contribution in [3.63, 3.8) is 0 Å². The van der Waals surface area contributed by atoms with E-state index in [-0.39, 0.29) is 6.10 Å². The zero-order valence-corrected chi connectivity index (χ0v) is 10.9. The monoisotopic (exact) mass is 249 g/mol. The Balaban J connectivity index is 2.05. The topological polar surface area (TPSA) is 39.7 Å². The van der Waals surface area contributed by atoms with Crippen LogP contribution < -0.4 is 14.8 Å². The average Bonchev–Trinajstić information content (AvgIpc) is 2.44. The summed E-state index contributed by atoms with van der Waals surface area (Å²) in [6.07, 6.45) is 0.0634. The minimum absolute atomic E-state index is 0.0634. The summed E-state index contributed by atoms with van der Waals surface area (Å²) in [5.41, 5.74) is 3.50. The van der Waals surface area contributed by atoms with E-state index in [0.717, 1.165) is 42.3 Å². The molecule has 3 rings (SSSR count). The maximum atomic E-state index is 5.83. The molecular weight excluding hydrogens is 230 g/mol. The standard InChI is InChI=1S/C14H19NO3/c1-9-7-11(12-8-15-3-4-16-12)14-13(10(9)2)17-5-6-18-14/h7,12,15H,3-6,8H2,1-2H3. The van der Waals surface area contributed by atoms with Crippen molar-refractivity contribution in [3.05, 3.63) is 22.8 Å². The molecule has 1 atom stereocenters. The average molecular weight is 249 g/mol. The molecule has 2 aliphatic heterocycles. The fourth-order valence-corrected chi connectivity index (χ4v) is 2.50. The van der Waals surface area contributed by atoms with E-state index in [2.05, 4.69) is 25.2 Å². The van der Waals surface area contributed by atoms with Gasteiger partial charge in [-0.3, -0.25) is 0 Å². The van der Waals surface area contributed by atoms with Crippen LogP contribution in [0.25, 0.3) is 0 Å². The molecular formula is C14H19NO3. The molecule has 1 unspecified atom stereocenters. The molecule has 0 spiro atoms. The van der Waals surface area contributed by atoms with E-state index in [4.69, 9.17) is 14.2 Å². The fourth-order valence-electron chi connectivity index (χ4n) is 2.50. The molecule has 0 aliphatic carbocycles. The maximum absolute atomic E-state index is 5.83. The highest BCUT2D eigenvalue weighted by Crippen LogP contribution is 2.42. The Hall–Kier alpha value is -1.26. The number of benzene rings is 1. The van der Waals surface area contributed by atoms with Crippen LogP contribution >= 0.6 is 0 Å². The lowest BCUT2D eigenvalue weighted by molar-refractivity contribution is 0.0244. The molecule has 0 radical (unpaired) electrons. The fraction of sp³-hybridized carbons (Fsp3) is 0.571. The lowest BCUT2D eigenvalue weighted by Gasteiger charge is -2.29. The van der Waals surface area contributed by atoms with E-state index in [1.165, 1.54) is 5.56 Å². The van der Waals surface area contributed by atoms with E-state index in [1.54, 1.807) is 0 Å². The van der Waals surface area contributed by atoms with Crippen molar-refractivity contribution >= 4 is 0 Å². The predicted molar refractivity (Wildman–Crippen MR) is 68.5 cm³/mol. The lowest BCUT2D eigenvalue weighted by atomic mass is 9.99. The SMILES string of the molecule is Cc1cc(C2CNCCO2)c2c(c1C)OCCO2. The van der Waals surface area contributed by atoms with E-state index < -0.39 is 0 Å². The summed E-state index contributed by atoms with van der Waals surface area (Å²) in [5, 5.41) is 3.35. The summed E-state index contributed by atoms with van der Waals surface area (Å²) in [6, 6.07) is 2.17. The lowest BCUT2D eigenvalue weighted by Crippen LogP contribution is -2.34. The number of ether oxygens (including phenoxy) is 3. The van der Waals surface area contributed by atoms with Crippen LogP contribution in [0.1, 0.15) is 22.8 Å². The van der Waals surface area contributed by atoms with Gasteiger partial charge in [-0.25, -0.2) is 0 Å². The second kappa shape index (κ2) is 4.78. The third kappa shape index (κ3) is 1.95. The summed E-state index contributed by atoms with van der Waals surface area (Å²) in [4.78, 5) is 0. The molecule has 1 N–H and O–H groups in total. The van der Waals surface area contributed by atoms with Crippen molar-refractivity contribution < 1.29 is 14.2 Å². The third-order valence-electron chi connectivity index (χ3n) is 3.62. The molecule has 1 aromatic carbocycles. The molecule has 2 heterocycles. The summed E-state index contributed by atoms with van der Waals surface area (Å²) in [7, 11) is 0. The van der Waals surface area contributed by atoms with Crippen LogP contribution in [-0.2, 0) is 4.74 Å². The molecule has 98 valence electrons. The molecule has 1 fully saturated rings. The summed E-state index contributed by atoms with van der Waals surface area (Å²) in [5.74, 6) is 1.77. The van der Waals surface area contributed by atoms with Gasteiger partial charge in [0.2, 0.25) is 0 Å². The van der Waals surface area contributed by atoms with Crippen molar-refractivity contribution in [1.82, 2.24) is 5.32 Å². The van der Waals surface area contributed by atoms with Gasteiger partial charge >= 0.3 is 0 Å². The first-order valence-electron chi connectivity index (χ1n) is 6.49. The van der Waals surface area contributed by atoms with Gasteiger partial charge in [-0.05, 0) is 31.0 Å². The summed E-state index contributed by atoms with van der Waals surface area (Å²) >= 11 is 0. The van der Waals surface area contributed by atoms with Crippen molar-refractivity contribution in [3.8, 4) is 11.5 Å². The van der Waals surface area contributed by atoms with Crippen molar-refractivity contribution in [2.24, 2.45) is 0 Å². The quantitative estimate of drug-likeness (QED) is 0.823. The highest BCUT2D eigenvalue weighted by atomic mass is 16.6. The number of hydrogen-bond acceptors (Lipinski definition) is 4. The molecule has 0 amide bonds. The van der Waals surface area contributed by atoms with Gasteiger partial charge in [-0.1, -0.05) is 0 Å². The van der Waals surface area contributed by atoms with Crippen LogP contribution in [0.2, 0.25) is 0 Å². The van der Waals surface area contributed by atoms with Gasteiger partial charge in [-0.2, -0.15) is 0 Å². The Morgan fingerprint density at radius 2 is 1.89 bits per heavy atom. The molecule has 0 bridgehead atoms. The van der Waals surface area contributed by atoms with Crippen LogP contribution in [-0.4, -0.2) is 32.9 Å². The molecule has 0 aromatic heterocycles. The normalized spacial score (nSPS) is 22.9. The second-order valence-electron chi connectivity index (χ2n) is 4.83. The van der Waals surface area contributed by atoms with Gasteiger partial charge in [0.15, 0.2) is 11.5 Å². The van der Waals surface area contributed by atoms with Gasteiger partial charge in [0.25, 0.3) is 0 Å². The number of fused-ring (bicyclic) bond motifs is 1. The second-order valence-corrected chi connectivity index (χ2v) is 4.83. The third-order valence-corrected chi connectivity index (χ3v) is 3.62. The smallest absolute Gasteiger partial charge is 0.167 e. The summed E-state index contributed by atoms with van der Waals surface area (Å²) < 4.78 is 17.4. The molecule has 1 aromatic rings. The van der Waals surface area contributed by atoms with Crippen molar-refractivity contribution in [2.75, 3.05) is 32.9 Å². The van der Waals surface area contributed by atoms with Gasteiger partial charge in [0.05, 0.1) is 12.7 Å². The van der Waals surface area contributed by atoms with Gasteiger partial charge in [-0.15, -0.1) is 0 Å². The molecule has 1 saturated heterocycles. The Labute approximate surface area is 107 Å². The highest BCUT2D eigenvalue weighted by Gasteiger charge is 2.26. The Kier molecular flexibility index (Phi) is 3.14. The predicted octanol–water partition coefficient (Wildman–Crippen LogP) is 1.74. The van der Waals surface area contributed by atoms with E-state index in [1.807, 2.05) is 0 Å². The molecule has 4 heteroatoms. The first-order valence-corrected chi connectivity index (χ1v) is 6.49. The number of hydrogen-bond donors (Lipinski definition) is 1. The van der Waals surface area contributed by atoms with Crippen molar-refractivity contribution in [1.29, 1.82) is 0 Å². The van der Waals surface area contributed by atoms with Crippen LogP contribution in [0.5, 0.6) is 11.5 Å². The number of nitrogens with one attached hydrogen (secondary N) is 1. The number of morpholine rings is 1. The van der Waals surface area contributed by atoms with Gasteiger partial charge in [0, 0.05) is 18.7 Å². The first kappa shape index (κ1) is 11.8. The summed E-state index contributed by atoms with van der Waals surface area (Å²) in [6.45, 7) is 7.91. The maximum Gasteiger partial charge on any atom is 0.167 e. The zero-order valence-electron chi connectivity index (χ0n) is 10.9. The van der Waals surface area contributed by atoms with E-state index in [0.29, 0.717) is 13.2 Å². The molecule has 0 saturated carbocycles. The Morgan fingerprint density at radius 1 is 1.11 bits per heavy atom. The van der Waals surface area contributed by atoms with E-state index in [9.17, 15) is 0 Å². The number of aryl methyl sites for hydroxylation is 1. The van der Waals surface area contributed by atoms with Crippen LogP contribution in [0.3, 0.4) is 0 Å². The minimum Gasteiger partial charge on any atom is -0.486 e. The largest absolute Gasteiger partial charge is 0.486 e. The Bertz CT molecular complexity index is 453. The Morgan fingerprint density at radius 3 is 2.61 bits per heavy atom. The van der Waals surface area contributed by atoms with Gasteiger partial charge < -0.3 is 19.5 Å². The zero-order chi connectivity index (χ0) is 12.5. The van der Waals surface area contributed by atoms with Crippen LogP contribution in [0, 0.1) is 13.8 Å². The van der Waals surface area contributed by atoms with Crippen molar-refractivity contribution in [2.45, 2.75) is 20.0 Å². The highest BCUT2D eigenvalue weighted by molar-refractivity contribution is 5.56. The molecule has 18 heavy (non-hydrogen) atoms.